The molecule has 1 aliphatic heterocycles. The van der Waals surface area contributed by atoms with Crippen molar-refractivity contribution in [2.45, 2.75) is 19.1 Å². The van der Waals surface area contributed by atoms with Gasteiger partial charge in [-0.25, -0.2) is 4.98 Å². The van der Waals surface area contributed by atoms with Crippen LogP contribution in [0.25, 0.3) is 11.3 Å². The van der Waals surface area contributed by atoms with Crippen molar-refractivity contribution in [1.82, 2.24) is 4.98 Å². The second-order valence-corrected chi connectivity index (χ2v) is 6.22. The quantitative estimate of drug-likeness (QED) is 0.664. The zero-order valence-electron chi connectivity index (χ0n) is 15.3. The number of ether oxygens (including phenoxy) is 3. The van der Waals surface area contributed by atoms with Crippen molar-refractivity contribution in [1.29, 1.82) is 0 Å². The molecule has 0 saturated carbocycles. The van der Waals surface area contributed by atoms with Gasteiger partial charge < -0.3 is 23.9 Å². The van der Waals surface area contributed by atoms with Gasteiger partial charge in [-0.15, -0.1) is 8.78 Å². The topological polar surface area (TPSA) is 82.8 Å². The maximum atomic E-state index is 13.0. The lowest BCUT2D eigenvalue weighted by Crippen LogP contribution is -2.25. The van der Waals surface area contributed by atoms with Crippen LogP contribution >= 0.6 is 0 Å². The molecule has 0 spiro atoms. The minimum absolute atomic E-state index is 0.0844. The van der Waals surface area contributed by atoms with E-state index in [-0.39, 0.29) is 30.2 Å². The van der Waals surface area contributed by atoms with Crippen LogP contribution in [0.4, 0.5) is 14.5 Å². The molecule has 150 valence electrons. The molecule has 1 N–H and O–H groups in total. The van der Waals surface area contributed by atoms with E-state index in [4.69, 9.17) is 9.15 Å². The number of carbonyl (C=O) groups is 1. The van der Waals surface area contributed by atoms with E-state index in [2.05, 4.69) is 19.8 Å². The summed E-state index contributed by atoms with van der Waals surface area (Å²) >= 11 is 0. The zero-order valence-corrected chi connectivity index (χ0v) is 15.3. The normalized spacial score (nSPS) is 13.9. The maximum Gasteiger partial charge on any atom is 0.586 e. The van der Waals surface area contributed by atoms with Gasteiger partial charge in [0.2, 0.25) is 5.91 Å². The Morgan fingerprint density at radius 3 is 2.66 bits per heavy atom. The van der Waals surface area contributed by atoms with Crippen molar-refractivity contribution in [2.24, 2.45) is 0 Å². The highest BCUT2D eigenvalue weighted by atomic mass is 19.3. The first kappa shape index (κ1) is 18.7. The Morgan fingerprint density at radius 2 is 1.90 bits per heavy atom. The van der Waals surface area contributed by atoms with Crippen LogP contribution in [0.15, 0.2) is 53.1 Å². The number of aromatic nitrogens is 1. The maximum absolute atomic E-state index is 13.0. The molecule has 0 atom stereocenters. The Balaban J connectivity index is 1.33. The first-order valence-corrected chi connectivity index (χ1v) is 8.71. The van der Waals surface area contributed by atoms with E-state index in [0.29, 0.717) is 17.3 Å². The number of fused-ring (bicyclic) bond motifs is 1. The minimum atomic E-state index is -3.70. The van der Waals surface area contributed by atoms with Gasteiger partial charge in [-0.1, -0.05) is 0 Å². The summed E-state index contributed by atoms with van der Waals surface area (Å²) in [7, 11) is 1.59. The van der Waals surface area contributed by atoms with Crippen molar-refractivity contribution >= 4 is 11.6 Å². The van der Waals surface area contributed by atoms with Crippen molar-refractivity contribution in [2.75, 3.05) is 12.4 Å². The number of halogens is 2. The molecule has 0 aliphatic carbocycles. The molecule has 0 fully saturated rings. The summed E-state index contributed by atoms with van der Waals surface area (Å²) in [4.78, 5) is 16.3. The lowest BCUT2D eigenvalue weighted by molar-refractivity contribution is -0.286. The van der Waals surface area contributed by atoms with Gasteiger partial charge in [0.05, 0.1) is 13.3 Å². The number of nitrogens with one attached hydrogen (secondary N) is 1. The van der Waals surface area contributed by atoms with Crippen molar-refractivity contribution < 1.29 is 32.2 Å². The Labute approximate surface area is 164 Å². The molecule has 0 saturated heterocycles. The standard InChI is InChI=1S/C20H16F2N2O5/c1-26-14-5-2-12(3-6-14)17-11-23-19(27-17)9-8-18(25)24-13-4-7-15-16(10-13)29-20(21,22)28-15/h2-7,10-11H,8-9H2,1H3,(H,24,25). The van der Waals surface area contributed by atoms with Gasteiger partial charge in [-0.05, 0) is 36.4 Å². The Kier molecular flexibility index (Phi) is 4.79. The third-order valence-corrected chi connectivity index (χ3v) is 4.18. The fourth-order valence-corrected chi connectivity index (χ4v) is 2.79. The number of aryl methyl sites for hydroxylation is 1. The summed E-state index contributed by atoms with van der Waals surface area (Å²) in [5, 5.41) is 2.62. The molecule has 7 nitrogen and oxygen atoms in total. The first-order chi connectivity index (χ1) is 13.9. The fraction of sp³-hybridized carbons (Fsp3) is 0.200. The van der Waals surface area contributed by atoms with E-state index in [9.17, 15) is 13.6 Å². The molecule has 9 heteroatoms. The second kappa shape index (κ2) is 7.42. The molecule has 1 aliphatic rings. The molecule has 2 heterocycles. The molecular formula is C20H16F2N2O5. The van der Waals surface area contributed by atoms with Gasteiger partial charge in [-0.2, -0.15) is 0 Å². The van der Waals surface area contributed by atoms with Gasteiger partial charge in [-0.3, -0.25) is 4.79 Å². The lowest BCUT2D eigenvalue weighted by Gasteiger charge is -2.05. The molecule has 1 amide bonds. The number of anilines is 1. The van der Waals surface area contributed by atoms with Gasteiger partial charge in [0.15, 0.2) is 23.1 Å². The van der Waals surface area contributed by atoms with Crippen LogP contribution in [0, 0.1) is 0 Å². The molecule has 0 unspecified atom stereocenters. The van der Waals surface area contributed by atoms with Gasteiger partial charge >= 0.3 is 6.29 Å². The predicted molar refractivity (Wildman–Crippen MR) is 98.1 cm³/mol. The Bertz CT molecular complexity index is 1030. The largest absolute Gasteiger partial charge is 0.586 e. The molecule has 29 heavy (non-hydrogen) atoms. The number of hydrogen-bond acceptors (Lipinski definition) is 6. The third kappa shape index (κ3) is 4.29. The summed E-state index contributed by atoms with van der Waals surface area (Å²) in [6, 6.07) is 11.4. The van der Waals surface area contributed by atoms with Crippen LogP contribution in [0.2, 0.25) is 0 Å². The van der Waals surface area contributed by atoms with Gasteiger partial charge in [0.1, 0.15) is 5.75 Å². The summed E-state index contributed by atoms with van der Waals surface area (Å²) in [5.41, 5.74) is 1.16. The monoisotopic (exact) mass is 402 g/mol. The van der Waals surface area contributed by atoms with Crippen LogP contribution in [0.3, 0.4) is 0 Å². The molecule has 1 aromatic heterocycles. The Hall–Kier alpha value is -3.62. The van der Waals surface area contributed by atoms with E-state index >= 15 is 0 Å². The number of benzene rings is 2. The average Bonchev–Trinajstić information content (AvgIpc) is 3.29. The van der Waals surface area contributed by atoms with E-state index in [1.54, 1.807) is 13.3 Å². The number of nitrogens with zero attached hydrogens (tertiary/aromatic N) is 1. The van der Waals surface area contributed by atoms with Crippen LogP contribution in [0.1, 0.15) is 12.3 Å². The molecule has 2 aromatic carbocycles. The summed E-state index contributed by atoms with van der Waals surface area (Å²) in [6.45, 7) is 0. The van der Waals surface area contributed by atoms with Crippen LogP contribution in [-0.4, -0.2) is 24.3 Å². The number of hydrogen-bond donors (Lipinski definition) is 1. The smallest absolute Gasteiger partial charge is 0.497 e. The number of carbonyl (C=O) groups excluding carboxylic acids is 1. The summed E-state index contributed by atoms with van der Waals surface area (Å²) in [5.74, 6) is 1.19. The van der Waals surface area contributed by atoms with Gasteiger partial charge in [0, 0.05) is 30.2 Å². The molecule has 3 aromatic rings. The summed E-state index contributed by atoms with van der Waals surface area (Å²) < 4.78 is 45.6. The third-order valence-electron chi connectivity index (χ3n) is 4.18. The molecule has 0 radical (unpaired) electrons. The van der Waals surface area contributed by atoms with Crippen molar-refractivity contribution in [3.63, 3.8) is 0 Å². The molecule has 0 bridgehead atoms. The SMILES string of the molecule is COc1ccc(-c2cnc(CCC(=O)Nc3ccc4c(c3)OC(F)(F)O4)o2)cc1. The molecular weight excluding hydrogens is 386 g/mol. The number of methoxy groups -OCH3 is 1. The summed E-state index contributed by atoms with van der Waals surface area (Å²) in [6.07, 6.45) is -1.72. The number of oxazole rings is 1. The van der Waals surface area contributed by atoms with Crippen molar-refractivity contribution in [3.05, 3.63) is 54.6 Å². The van der Waals surface area contributed by atoms with Crippen molar-refractivity contribution in [3.8, 4) is 28.6 Å². The van der Waals surface area contributed by atoms with E-state index < -0.39 is 6.29 Å². The second-order valence-electron chi connectivity index (χ2n) is 6.22. The average molecular weight is 402 g/mol. The van der Waals surface area contributed by atoms with Crippen LogP contribution < -0.4 is 19.5 Å². The van der Waals surface area contributed by atoms with E-state index in [1.807, 2.05) is 24.3 Å². The fourth-order valence-electron chi connectivity index (χ4n) is 2.79. The highest BCUT2D eigenvalue weighted by Crippen LogP contribution is 2.42. The minimum Gasteiger partial charge on any atom is -0.497 e. The van der Waals surface area contributed by atoms with Crippen LogP contribution in [-0.2, 0) is 11.2 Å². The zero-order chi connectivity index (χ0) is 20.4. The highest BCUT2D eigenvalue weighted by molar-refractivity contribution is 5.91. The van der Waals surface area contributed by atoms with Crippen LogP contribution in [0.5, 0.6) is 17.2 Å². The first-order valence-electron chi connectivity index (χ1n) is 8.71. The van der Waals surface area contributed by atoms with Gasteiger partial charge in [0.25, 0.3) is 0 Å². The number of rotatable bonds is 6. The number of alkyl halides is 2. The Morgan fingerprint density at radius 1 is 1.14 bits per heavy atom. The lowest BCUT2D eigenvalue weighted by atomic mass is 10.2. The predicted octanol–water partition coefficient (Wildman–Crippen LogP) is 4.24. The molecule has 4 rings (SSSR count). The van der Waals surface area contributed by atoms with E-state index in [0.717, 1.165) is 11.3 Å². The highest BCUT2D eigenvalue weighted by Gasteiger charge is 2.43. The number of amides is 1. The van der Waals surface area contributed by atoms with E-state index in [1.165, 1.54) is 18.2 Å².